The molecule has 0 heterocycles. The second kappa shape index (κ2) is 60.4. The van der Waals surface area contributed by atoms with Crippen molar-refractivity contribution < 1.29 is 28.6 Å². The maximum absolute atomic E-state index is 12.8. The highest BCUT2D eigenvalue weighted by molar-refractivity contribution is 5.71. The van der Waals surface area contributed by atoms with Crippen molar-refractivity contribution >= 4 is 17.9 Å². The number of hydrogen-bond acceptors (Lipinski definition) is 6. The van der Waals surface area contributed by atoms with Gasteiger partial charge in [0.15, 0.2) is 6.10 Å². The summed E-state index contributed by atoms with van der Waals surface area (Å²) in [4.78, 5) is 38.1. The van der Waals surface area contributed by atoms with Gasteiger partial charge in [0.05, 0.1) is 0 Å². The highest BCUT2D eigenvalue weighted by atomic mass is 16.6. The van der Waals surface area contributed by atoms with E-state index in [9.17, 15) is 14.4 Å². The molecule has 6 nitrogen and oxygen atoms in total. The van der Waals surface area contributed by atoms with Gasteiger partial charge in [-0.15, -0.1) is 0 Å². The van der Waals surface area contributed by atoms with Crippen molar-refractivity contribution in [1.82, 2.24) is 0 Å². The van der Waals surface area contributed by atoms with E-state index < -0.39 is 12.1 Å². The minimum Gasteiger partial charge on any atom is -0.462 e. The number of carbonyl (C=O) groups excluding carboxylic acids is 3. The minimum atomic E-state index is -0.823. The lowest BCUT2D eigenvalue weighted by Crippen LogP contribution is -2.30. The van der Waals surface area contributed by atoms with Gasteiger partial charge in [0, 0.05) is 19.3 Å². The standard InChI is InChI=1S/C67H110O6/c1-4-7-10-13-16-19-22-25-26-27-28-29-30-31-32-33-34-35-36-37-38-39-40-43-45-48-51-54-57-60-66(69)72-63-64(73-67(70)61-58-55-52-49-46-42-24-21-18-15-12-9-6-3)62-71-65(68)59-56-53-50-47-44-41-23-20-17-14-11-8-5-2/h7,9-12,14,16,18-21,23,25-26,28-29,42,46,52,55,64H,4-6,8,13,15,17,22,24,27,30-41,43-45,47-51,53-54,56-63H2,1-3H3/b10-7-,12-9-,14-11-,19-16-,21-18-,23-20-,26-25-,29-28-,46-42-,55-52-. The summed E-state index contributed by atoms with van der Waals surface area (Å²) in [5.41, 5.74) is 0. The predicted octanol–water partition coefficient (Wildman–Crippen LogP) is 20.4. The monoisotopic (exact) mass is 1010 g/mol. The van der Waals surface area contributed by atoms with E-state index in [1.54, 1.807) is 0 Å². The largest absolute Gasteiger partial charge is 0.462 e. The molecule has 1 atom stereocenters. The summed E-state index contributed by atoms with van der Waals surface area (Å²) >= 11 is 0. The lowest BCUT2D eigenvalue weighted by Gasteiger charge is -2.18. The van der Waals surface area contributed by atoms with Crippen LogP contribution in [0.15, 0.2) is 122 Å². The fraction of sp³-hybridized carbons (Fsp3) is 0.657. The Morgan fingerprint density at radius 1 is 0.288 bits per heavy atom. The Hall–Kier alpha value is -4.19. The van der Waals surface area contributed by atoms with Gasteiger partial charge >= 0.3 is 17.9 Å². The lowest BCUT2D eigenvalue weighted by molar-refractivity contribution is -0.166. The Kier molecular flexibility index (Phi) is 56.9. The highest BCUT2D eigenvalue weighted by Gasteiger charge is 2.19. The second-order valence-electron chi connectivity index (χ2n) is 19.5. The number of allylic oxidation sites excluding steroid dienone is 20. The summed E-state index contributed by atoms with van der Waals surface area (Å²) < 4.78 is 16.8. The van der Waals surface area contributed by atoms with Gasteiger partial charge in [-0.3, -0.25) is 14.4 Å². The van der Waals surface area contributed by atoms with Gasteiger partial charge < -0.3 is 14.2 Å². The number of rotatable bonds is 53. The first-order valence-electron chi connectivity index (χ1n) is 30.0. The molecule has 0 aromatic rings. The van der Waals surface area contributed by atoms with Crippen LogP contribution < -0.4 is 0 Å². The summed E-state index contributed by atoms with van der Waals surface area (Å²) in [6, 6.07) is 0. The van der Waals surface area contributed by atoms with Crippen LogP contribution in [0.3, 0.4) is 0 Å². The van der Waals surface area contributed by atoms with Crippen LogP contribution in [0.1, 0.15) is 265 Å². The van der Waals surface area contributed by atoms with Gasteiger partial charge in [-0.25, -0.2) is 0 Å². The number of esters is 3. The third-order valence-electron chi connectivity index (χ3n) is 12.4. The van der Waals surface area contributed by atoms with Crippen LogP contribution in [0.5, 0.6) is 0 Å². The average molecular weight is 1010 g/mol. The van der Waals surface area contributed by atoms with Gasteiger partial charge in [-0.1, -0.05) is 258 Å². The zero-order chi connectivity index (χ0) is 52.9. The number of unbranched alkanes of at least 4 members (excludes halogenated alkanes) is 22. The molecule has 0 radical (unpaired) electrons. The van der Waals surface area contributed by atoms with Crippen molar-refractivity contribution in [2.75, 3.05) is 13.2 Å². The molecule has 0 saturated heterocycles. The van der Waals surface area contributed by atoms with E-state index in [1.165, 1.54) is 96.3 Å². The molecule has 0 N–H and O–H groups in total. The van der Waals surface area contributed by atoms with Crippen molar-refractivity contribution in [2.24, 2.45) is 0 Å². The molecule has 0 aromatic carbocycles. The van der Waals surface area contributed by atoms with E-state index >= 15 is 0 Å². The summed E-state index contributed by atoms with van der Waals surface area (Å²) in [5.74, 6) is -1.01. The first kappa shape index (κ1) is 68.8. The van der Waals surface area contributed by atoms with Crippen LogP contribution in [0.2, 0.25) is 0 Å². The zero-order valence-electron chi connectivity index (χ0n) is 47.4. The number of carbonyl (C=O) groups is 3. The molecule has 0 fully saturated rings. The van der Waals surface area contributed by atoms with E-state index in [0.717, 1.165) is 122 Å². The van der Waals surface area contributed by atoms with E-state index in [0.29, 0.717) is 19.3 Å². The van der Waals surface area contributed by atoms with Crippen molar-refractivity contribution in [3.63, 3.8) is 0 Å². The molecule has 0 aliphatic heterocycles. The summed E-state index contributed by atoms with van der Waals surface area (Å²) in [5, 5.41) is 0. The zero-order valence-corrected chi connectivity index (χ0v) is 47.4. The number of hydrogen-bond donors (Lipinski definition) is 0. The van der Waals surface area contributed by atoms with E-state index in [1.807, 2.05) is 12.2 Å². The third-order valence-corrected chi connectivity index (χ3v) is 12.4. The Labute approximate surface area is 450 Å². The van der Waals surface area contributed by atoms with Gasteiger partial charge in [0.2, 0.25) is 0 Å². The SMILES string of the molecule is CC/C=C\C/C=C\C/C=C\C/C=C\CCCCCCCCCCCCCCCCCCC(=O)OCC(COC(=O)CCCCCCC/C=C\C/C=C\CCC)OC(=O)CC/C=C\C/C=C\C/C=C\C/C=C\CC. The fourth-order valence-electron chi connectivity index (χ4n) is 8.02. The Morgan fingerprint density at radius 3 is 0.890 bits per heavy atom. The van der Waals surface area contributed by atoms with Gasteiger partial charge in [-0.2, -0.15) is 0 Å². The molecule has 0 aromatic heterocycles. The summed E-state index contributed by atoms with van der Waals surface area (Å²) in [6.07, 6.45) is 83.7. The van der Waals surface area contributed by atoms with Crippen LogP contribution in [-0.4, -0.2) is 37.2 Å². The molecular weight excluding hydrogens is 901 g/mol. The average Bonchev–Trinajstić information content (AvgIpc) is 3.39. The van der Waals surface area contributed by atoms with Crippen LogP contribution >= 0.6 is 0 Å². The predicted molar refractivity (Wildman–Crippen MR) is 316 cm³/mol. The van der Waals surface area contributed by atoms with Crippen LogP contribution in [0.25, 0.3) is 0 Å². The quantitative estimate of drug-likeness (QED) is 0.0261. The van der Waals surface area contributed by atoms with Crippen LogP contribution in [-0.2, 0) is 28.6 Å². The normalized spacial score (nSPS) is 13.0. The van der Waals surface area contributed by atoms with Crippen molar-refractivity contribution in [2.45, 2.75) is 271 Å². The molecule has 0 rings (SSSR count). The third kappa shape index (κ3) is 58.6. The Balaban J connectivity index is 4.25. The molecule has 0 saturated carbocycles. The first-order valence-corrected chi connectivity index (χ1v) is 30.0. The van der Waals surface area contributed by atoms with Crippen LogP contribution in [0.4, 0.5) is 0 Å². The molecule has 0 amide bonds. The molecule has 1 unspecified atom stereocenters. The molecule has 73 heavy (non-hydrogen) atoms. The van der Waals surface area contributed by atoms with E-state index in [-0.39, 0.29) is 31.6 Å². The van der Waals surface area contributed by atoms with E-state index in [4.69, 9.17) is 14.2 Å². The van der Waals surface area contributed by atoms with Gasteiger partial charge in [0.1, 0.15) is 13.2 Å². The first-order chi connectivity index (χ1) is 36.0. The minimum absolute atomic E-state index is 0.112. The lowest BCUT2D eigenvalue weighted by atomic mass is 10.0. The molecular formula is C67H110O6. The molecule has 0 spiro atoms. The maximum atomic E-state index is 12.8. The maximum Gasteiger partial charge on any atom is 0.306 e. The fourth-order valence-corrected chi connectivity index (χ4v) is 8.02. The van der Waals surface area contributed by atoms with Gasteiger partial charge in [0.25, 0.3) is 0 Å². The van der Waals surface area contributed by atoms with Crippen LogP contribution in [0, 0.1) is 0 Å². The topological polar surface area (TPSA) is 78.9 Å². The smallest absolute Gasteiger partial charge is 0.306 e. The molecule has 0 aliphatic carbocycles. The Bertz CT molecular complexity index is 1540. The van der Waals surface area contributed by atoms with Crippen molar-refractivity contribution in [1.29, 1.82) is 0 Å². The summed E-state index contributed by atoms with van der Waals surface area (Å²) in [7, 11) is 0. The second-order valence-corrected chi connectivity index (χ2v) is 19.5. The Morgan fingerprint density at radius 2 is 0.562 bits per heavy atom. The highest BCUT2D eigenvalue weighted by Crippen LogP contribution is 2.16. The molecule has 0 bridgehead atoms. The molecule has 6 heteroatoms. The molecule has 0 aliphatic rings. The van der Waals surface area contributed by atoms with Gasteiger partial charge in [-0.05, 0) is 109 Å². The van der Waals surface area contributed by atoms with E-state index in [2.05, 4.69) is 130 Å². The summed E-state index contributed by atoms with van der Waals surface area (Å²) in [6.45, 7) is 6.27. The van der Waals surface area contributed by atoms with Crippen molar-refractivity contribution in [3.05, 3.63) is 122 Å². The van der Waals surface area contributed by atoms with Crippen molar-refractivity contribution in [3.8, 4) is 0 Å². The number of ether oxygens (including phenoxy) is 3. The molecule has 414 valence electrons.